The van der Waals surface area contributed by atoms with Gasteiger partial charge in [0.15, 0.2) is 0 Å². The Labute approximate surface area is 292 Å². The molecule has 1 aliphatic rings. The molecule has 0 spiro atoms. The molecule has 0 aromatic heterocycles. The fourth-order valence-electron chi connectivity index (χ4n) is 7.60. The Hall–Kier alpha value is -0.660. The van der Waals surface area contributed by atoms with Crippen LogP contribution in [-0.2, 0) is 0 Å². The summed E-state index contributed by atoms with van der Waals surface area (Å²) in [7, 11) is 0. The summed E-state index contributed by atoms with van der Waals surface area (Å²) >= 11 is 0. The van der Waals surface area contributed by atoms with Crippen molar-refractivity contribution in [3.8, 4) is 0 Å². The first kappa shape index (κ1) is 43.4. The van der Waals surface area contributed by atoms with Crippen LogP contribution in [0.25, 0.3) is 0 Å². The van der Waals surface area contributed by atoms with Crippen LogP contribution in [0.2, 0.25) is 0 Å². The zero-order valence-corrected chi connectivity index (χ0v) is 32.5. The summed E-state index contributed by atoms with van der Waals surface area (Å²) in [5.41, 5.74) is 0. The van der Waals surface area contributed by atoms with Crippen LogP contribution >= 0.6 is 0 Å². The lowest BCUT2D eigenvalue weighted by atomic mass is 10.0. The van der Waals surface area contributed by atoms with E-state index in [1.807, 2.05) is 0 Å². The molecule has 0 aromatic rings. The highest BCUT2D eigenvalue weighted by molar-refractivity contribution is 4.97. The molecule has 0 radical (unpaired) electrons. The van der Waals surface area contributed by atoms with E-state index in [1.54, 1.807) is 0 Å². The average Bonchev–Trinajstić information content (AvgIpc) is 3.45. The first-order chi connectivity index (χ1) is 22.8. The summed E-state index contributed by atoms with van der Waals surface area (Å²) < 4.78 is 0. The molecular formula is C44H88N2. The van der Waals surface area contributed by atoms with E-state index in [4.69, 9.17) is 0 Å². The molecular weight excluding hydrogens is 556 g/mol. The van der Waals surface area contributed by atoms with Gasteiger partial charge in [0.1, 0.15) is 6.17 Å². The van der Waals surface area contributed by atoms with E-state index in [1.165, 1.54) is 244 Å². The Morgan fingerprint density at radius 2 is 0.500 bits per heavy atom. The normalized spacial score (nSPS) is 13.5. The van der Waals surface area contributed by atoms with Crippen LogP contribution in [-0.4, -0.2) is 29.1 Å². The average molecular weight is 645 g/mol. The molecule has 1 heterocycles. The van der Waals surface area contributed by atoms with Crippen LogP contribution in [0.15, 0.2) is 12.4 Å². The van der Waals surface area contributed by atoms with Crippen LogP contribution < -0.4 is 0 Å². The lowest BCUT2D eigenvalue weighted by molar-refractivity contribution is 0.135. The van der Waals surface area contributed by atoms with Gasteiger partial charge in [-0.25, -0.2) is 0 Å². The third-order valence-electron chi connectivity index (χ3n) is 10.8. The SMILES string of the molecule is CCCCCCCCCCCCCCN1C=CN(CCCCCCCCCCCCCC)C1CCCCCCCCCCCCC. The van der Waals surface area contributed by atoms with Crippen LogP contribution in [0.3, 0.4) is 0 Å². The lowest BCUT2D eigenvalue weighted by Crippen LogP contribution is -2.39. The minimum Gasteiger partial charge on any atom is -0.356 e. The zero-order chi connectivity index (χ0) is 33.0. The molecule has 274 valence electrons. The van der Waals surface area contributed by atoms with E-state index in [9.17, 15) is 0 Å². The largest absolute Gasteiger partial charge is 0.356 e. The molecule has 2 nitrogen and oxygen atoms in total. The Morgan fingerprint density at radius 3 is 0.761 bits per heavy atom. The van der Waals surface area contributed by atoms with Gasteiger partial charge >= 0.3 is 0 Å². The van der Waals surface area contributed by atoms with Gasteiger partial charge in [0.05, 0.1) is 0 Å². The van der Waals surface area contributed by atoms with Crippen molar-refractivity contribution >= 4 is 0 Å². The van der Waals surface area contributed by atoms with Gasteiger partial charge in [-0.15, -0.1) is 0 Å². The molecule has 1 aliphatic heterocycles. The van der Waals surface area contributed by atoms with Crippen molar-refractivity contribution < 1.29 is 0 Å². The van der Waals surface area contributed by atoms with Crippen molar-refractivity contribution in [1.82, 2.24) is 9.80 Å². The van der Waals surface area contributed by atoms with Gasteiger partial charge in [0.25, 0.3) is 0 Å². The molecule has 0 atom stereocenters. The maximum Gasteiger partial charge on any atom is 0.101 e. The number of unbranched alkanes of at least 4 members (excludes halogenated alkanes) is 32. The summed E-state index contributed by atoms with van der Waals surface area (Å²) in [6, 6.07) is 0. The van der Waals surface area contributed by atoms with Gasteiger partial charge in [0, 0.05) is 25.5 Å². The zero-order valence-electron chi connectivity index (χ0n) is 32.5. The van der Waals surface area contributed by atoms with Gasteiger partial charge in [-0.1, -0.05) is 226 Å². The van der Waals surface area contributed by atoms with Crippen LogP contribution in [0, 0.1) is 0 Å². The molecule has 0 bridgehead atoms. The van der Waals surface area contributed by atoms with E-state index in [-0.39, 0.29) is 0 Å². The molecule has 46 heavy (non-hydrogen) atoms. The number of rotatable bonds is 38. The Bertz CT molecular complexity index is 563. The summed E-state index contributed by atoms with van der Waals surface area (Å²) in [5.74, 6) is 0. The minimum absolute atomic E-state index is 0.638. The Balaban J connectivity index is 2.22. The number of hydrogen-bond acceptors (Lipinski definition) is 2. The first-order valence-corrected chi connectivity index (χ1v) is 22.0. The summed E-state index contributed by atoms with van der Waals surface area (Å²) in [6.45, 7) is 9.49. The molecule has 1 rings (SSSR count). The lowest BCUT2D eigenvalue weighted by Gasteiger charge is -2.33. The highest BCUT2D eigenvalue weighted by Gasteiger charge is 2.24. The van der Waals surface area contributed by atoms with E-state index in [0.717, 1.165) is 0 Å². The van der Waals surface area contributed by atoms with Gasteiger partial charge in [-0.05, 0) is 25.7 Å². The van der Waals surface area contributed by atoms with E-state index >= 15 is 0 Å². The van der Waals surface area contributed by atoms with E-state index in [2.05, 4.69) is 43.0 Å². The molecule has 2 heteroatoms. The van der Waals surface area contributed by atoms with Gasteiger partial charge in [-0.2, -0.15) is 0 Å². The number of hydrogen-bond donors (Lipinski definition) is 0. The molecule has 0 fully saturated rings. The second kappa shape index (κ2) is 35.6. The Kier molecular flexibility index (Phi) is 33.6. The van der Waals surface area contributed by atoms with Gasteiger partial charge in [-0.3, -0.25) is 0 Å². The summed E-state index contributed by atoms with van der Waals surface area (Å²) in [5, 5.41) is 0. The number of nitrogens with zero attached hydrogens (tertiary/aromatic N) is 2. The van der Waals surface area contributed by atoms with Crippen molar-refractivity contribution in [1.29, 1.82) is 0 Å². The molecule has 0 N–H and O–H groups in total. The maximum absolute atomic E-state index is 2.73. The second-order valence-electron chi connectivity index (χ2n) is 15.4. The van der Waals surface area contributed by atoms with E-state index < -0.39 is 0 Å². The highest BCUT2D eigenvalue weighted by atomic mass is 15.4. The molecule has 0 saturated heterocycles. The fourth-order valence-corrected chi connectivity index (χ4v) is 7.60. The third-order valence-corrected chi connectivity index (χ3v) is 10.8. The molecule has 0 unspecified atom stereocenters. The Morgan fingerprint density at radius 1 is 0.283 bits per heavy atom. The predicted octanol–water partition coefficient (Wildman–Crippen LogP) is 15.5. The predicted molar refractivity (Wildman–Crippen MR) is 210 cm³/mol. The third kappa shape index (κ3) is 27.3. The van der Waals surface area contributed by atoms with E-state index in [0.29, 0.717) is 6.17 Å². The van der Waals surface area contributed by atoms with Crippen molar-refractivity contribution in [2.24, 2.45) is 0 Å². The molecule has 0 amide bonds. The molecule has 0 aliphatic carbocycles. The van der Waals surface area contributed by atoms with Crippen molar-refractivity contribution in [3.63, 3.8) is 0 Å². The first-order valence-electron chi connectivity index (χ1n) is 22.0. The van der Waals surface area contributed by atoms with Crippen molar-refractivity contribution in [2.75, 3.05) is 13.1 Å². The fraction of sp³-hybridized carbons (Fsp3) is 0.955. The minimum atomic E-state index is 0.638. The maximum atomic E-state index is 2.73. The standard InChI is InChI=1S/C44H88N2/c1-4-7-10-13-16-19-22-25-28-31-34-37-40-45-42-43-46(41-38-35-32-29-26-23-20-17-14-11-8-5-2)44(45)39-36-33-30-27-24-21-18-15-12-9-6-3/h42-44H,4-41H2,1-3H3. The molecule has 0 saturated carbocycles. The molecule has 0 aromatic carbocycles. The van der Waals surface area contributed by atoms with Crippen LogP contribution in [0.4, 0.5) is 0 Å². The van der Waals surface area contributed by atoms with Crippen LogP contribution in [0.5, 0.6) is 0 Å². The summed E-state index contributed by atoms with van der Waals surface area (Å²) in [4.78, 5) is 5.46. The quantitative estimate of drug-likeness (QED) is 0.0617. The smallest absolute Gasteiger partial charge is 0.101 e. The highest BCUT2D eigenvalue weighted by Crippen LogP contribution is 2.24. The topological polar surface area (TPSA) is 6.48 Å². The van der Waals surface area contributed by atoms with Crippen molar-refractivity contribution in [2.45, 2.75) is 258 Å². The second-order valence-corrected chi connectivity index (χ2v) is 15.4. The van der Waals surface area contributed by atoms with Gasteiger partial charge < -0.3 is 9.80 Å². The monoisotopic (exact) mass is 645 g/mol. The van der Waals surface area contributed by atoms with Gasteiger partial charge in [0.2, 0.25) is 0 Å². The van der Waals surface area contributed by atoms with Crippen LogP contribution in [0.1, 0.15) is 252 Å². The summed E-state index contributed by atoms with van der Waals surface area (Å²) in [6.07, 6.45) is 57.4. The van der Waals surface area contributed by atoms with Crippen molar-refractivity contribution in [3.05, 3.63) is 12.4 Å².